The molecule has 5 nitrogen and oxygen atoms in total. The van der Waals surface area contributed by atoms with Crippen LogP contribution in [0, 0.1) is 0 Å². The zero-order chi connectivity index (χ0) is 18.5. The van der Waals surface area contributed by atoms with E-state index in [1.165, 1.54) is 5.56 Å². The quantitative estimate of drug-likeness (QED) is 0.634. The summed E-state index contributed by atoms with van der Waals surface area (Å²) in [6.07, 6.45) is 2.25. The van der Waals surface area contributed by atoms with Gasteiger partial charge in [0.25, 0.3) is 0 Å². The molecule has 1 saturated heterocycles. The first kappa shape index (κ1) is 18.2. The van der Waals surface area contributed by atoms with E-state index in [0.717, 1.165) is 42.6 Å². The van der Waals surface area contributed by atoms with Crippen molar-refractivity contribution in [3.05, 3.63) is 72.1 Å². The molecule has 0 spiro atoms. The maximum Gasteiger partial charge on any atom is 0.195 e. The third kappa shape index (κ3) is 4.08. The van der Waals surface area contributed by atoms with Crippen LogP contribution < -0.4 is 0 Å². The minimum absolute atomic E-state index is 0.130. The number of hydrogen-bond acceptors (Lipinski definition) is 5. The Kier molecular flexibility index (Phi) is 5.87. The molecule has 0 unspecified atom stereocenters. The Morgan fingerprint density at radius 3 is 2.48 bits per heavy atom. The molecule has 1 atom stereocenters. The monoisotopic (exact) mass is 380 g/mol. The van der Waals surface area contributed by atoms with Gasteiger partial charge in [0, 0.05) is 18.0 Å². The third-order valence-electron chi connectivity index (χ3n) is 4.89. The van der Waals surface area contributed by atoms with Crippen LogP contribution in [0.2, 0.25) is 0 Å². The zero-order valence-corrected chi connectivity index (χ0v) is 16.1. The molecule has 0 radical (unpaired) electrons. The van der Waals surface area contributed by atoms with Crippen LogP contribution in [0.15, 0.2) is 65.8 Å². The molecular weight excluding hydrogens is 356 g/mol. The normalized spacial score (nSPS) is 17.4. The molecule has 1 aromatic heterocycles. The van der Waals surface area contributed by atoms with Crippen molar-refractivity contribution in [1.82, 2.24) is 19.7 Å². The van der Waals surface area contributed by atoms with Gasteiger partial charge in [-0.05, 0) is 37.1 Å². The summed E-state index contributed by atoms with van der Waals surface area (Å²) in [7, 11) is 0. The van der Waals surface area contributed by atoms with E-state index in [0.29, 0.717) is 5.75 Å². The summed E-state index contributed by atoms with van der Waals surface area (Å²) in [5, 5.41) is 19.1. The van der Waals surface area contributed by atoms with Crippen molar-refractivity contribution in [2.75, 3.05) is 18.9 Å². The van der Waals surface area contributed by atoms with Crippen LogP contribution in [0.1, 0.15) is 30.3 Å². The van der Waals surface area contributed by atoms with Crippen molar-refractivity contribution in [1.29, 1.82) is 0 Å². The Hall–Kier alpha value is -2.15. The first-order chi connectivity index (χ1) is 13.4. The largest absolute Gasteiger partial charge is 0.396 e. The summed E-state index contributed by atoms with van der Waals surface area (Å²) in [4.78, 5) is 2.50. The Bertz CT molecular complexity index is 853. The molecule has 1 aliphatic rings. The summed E-state index contributed by atoms with van der Waals surface area (Å²) in [6.45, 7) is 2.12. The fourth-order valence-electron chi connectivity index (χ4n) is 3.67. The van der Waals surface area contributed by atoms with E-state index in [1.807, 2.05) is 18.2 Å². The third-order valence-corrected chi connectivity index (χ3v) is 5.79. The Labute approximate surface area is 164 Å². The lowest BCUT2D eigenvalue weighted by Crippen LogP contribution is -2.25. The van der Waals surface area contributed by atoms with E-state index in [2.05, 4.69) is 62.1 Å². The van der Waals surface area contributed by atoms with Crippen molar-refractivity contribution < 1.29 is 5.11 Å². The van der Waals surface area contributed by atoms with E-state index in [-0.39, 0.29) is 12.6 Å². The molecule has 6 heteroatoms. The molecule has 0 bridgehead atoms. The van der Waals surface area contributed by atoms with Crippen molar-refractivity contribution >= 4 is 11.8 Å². The predicted octanol–water partition coefficient (Wildman–Crippen LogP) is 3.69. The Morgan fingerprint density at radius 1 is 1.00 bits per heavy atom. The summed E-state index contributed by atoms with van der Waals surface area (Å²) < 4.78 is 2.16. The fraction of sp³-hybridized carbons (Fsp3) is 0.333. The number of likely N-dealkylation sites (tertiary alicyclic amines) is 1. The zero-order valence-electron chi connectivity index (χ0n) is 15.2. The summed E-state index contributed by atoms with van der Waals surface area (Å²) in [5.41, 5.74) is 2.40. The molecule has 1 aliphatic heterocycles. The van der Waals surface area contributed by atoms with Gasteiger partial charge in [-0.15, -0.1) is 10.2 Å². The first-order valence-corrected chi connectivity index (χ1v) is 10.4. The summed E-state index contributed by atoms with van der Waals surface area (Å²) in [5.74, 6) is 1.61. The Morgan fingerprint density at radius 2 is 1.74 bits per heavy atom. The number of rotatable bonds is 7. The minimum atomic E-state index is 0.130. The topological polar surface area (TPSA) is 54.2 Å². The minimum Gasteiger partial charge on any atom is -0.396 e. The summed E-state index contributed by atoms with van der Waals surface area (Å²) in [6, 6.07) is 21.1. The lowest BCUT2D eigenvalue weighted by molar-refractivity contribution is 0.237. The molecule has 27 heavy (non-hydrogen) atoms. The highest BCUT2D eigenvalue weighted by molar-refractivity contribution is 7.99. The van der Waals surface area contributed by atoms with E-state index >= 15 is 0 Å². The molecule has 0 aliphatic carbocycles. The molecule has 3 aromatic rings. The molecule has 0 amide bonds. The van der Waals surface area contributed by atoms with Crippen molar-refractivity contribution in [3.8, 4) is 5.69 Å². The van der Waals surface area contributed by atoms with Crippen LogP contribution in [-0.4, -0.2) is 43.7 Å². The van der Waals surface area contributed by atoms with E-state index in [9.17, 15) is 5.11 Å². The second-order valence-electron chi connectivity index (χ2n) is 6.70. The highest BCUT2D eigenvalue weighted by Crippen LogP contribution is 2.35. The molecular formula is C21H24N4OS. The van der Waals surface area contributed by atoms with Crippen LogP contribution in [0.25, 0.3) is 5.69 Å². The van der Waals surface area contributed by atoms with Gasteiger partial charge in [-0.2, -0.15) is 0 Å². The van der Waals surface area contributed by atoms with Crippen LogP contribution in [0.5, 0.6) is 0 Å². The van der Waals surface area contributed by atoms with Gasteiger partial charge in [0.2, 0.25) is 0 Å². The van der Waals surface area contributed by atoms with Gasteiger partial charge in [-0.25, -0.2) is 0 Å². The standard InChI is InChI=1S/C21H24N4OS/c26-14-15-27-21-23-22-20(25(21)18-10-5-2-6-11-18)19-12-7-13-24(19)16-17-8-3-1-4-9-17/h1-6,8-11,19,26H,7,12-16H2/t19-/m0/s1. The van der Waals surface area contributed by atoms with Gasteiger partial charge in [0.05, 0.1) is 12.6 Å². The number of benzene rings is 2. The number of para-hydroxylation sites is 1. The smallest absolute Gasteiger partial charge is 0.195 e. The van der Waals surface area contributed by atoms with Gasteiger partial charge in [0.15, 0.2) is 11.0 Å². The van der Waals surface area contributed by atoms with Gasteiger partial charge >= 0.3 is 0 Å². The fourth-order valence-corrected chi connectivity index (χ4v) is 4.37. The maximum atomic E-state index is 9.23. The molecule has 1 fully saturated rings. The summed E-state index contributed by atoms with van der Waals surface area (Å²) >= 11 is 1.55. The molecule has 2 aromatic carbocycles. The molecule has 2 heterocycles. The average Bonchev–Trinajstić information content (AvgIpc) is 3.34. The highest BCUT2D eigenvalue weighted by Gasteiger charge is 2.31. The van der Waals surface area contributed by atoms with Crippen LogP contribution in [0.4, 0.5) is 0 Å². The van der Waals surface area contributed by atoms with Gasteiger partial charge in [-0.3, -0.25) is 9.47 Å². The molecule has 4 rings (SSSR count). The van der Waals surface area contributed by atoms with Crippen molar-refractivity contribution in [2.24, 2.45) is 0 Å². The van der Waals surface area contributed by atoms with E-state index in [1.54, 1.807) is 11.8 Å². The Balaban J connectivity index is 1.66. The molecule has 140 valence electrons. The van der Waals surface area contributed by atoms with Crippen LogP contribution >= 0.6 is 11.8 Å². The maximum absolute atomic E-state index is 9.23. The number of aliphatic hydroxyl groups is 1. The highest BCUT2D eigenvalue weighted by atomic mass is 32.2. The van der Waals surface area contributed by atoms with Gasteiger partial charge in [0.1, 0.15) is 0 Å². The second-order valence-corrected chi connectivity index (χ2v) is 7.76. The second kappa shape index (κ2) is 8.69. The first-order valence-electron chi connectivity index (χ1n) is 9.39. The van der Waals surface area contributed by atoms with E-state index < -0.39 is 0 Å². The lowest BCUT2D eigenvalue weighted by Gasteiger charge is -2.24. The number of aromatic nitrogens is 3. The van der Waals surface area contributed by atoms with Crippen molar-refractivity contribution in [3.63, 3.8) is 0 Å². The van der Waals surface area contributed by atoms with Crippen LogP contribution in [-0.2, 0) is 6.54 Å². The molecule has 1 N–H and O–H groups in total. The van der Waals surface area contributed by atoms with Crippen LogP contribution in [0.3, 0.4) is 0 Å². The number of nitrogens with zero attached hydrogens (tertiary/aromatic N) is 4. The van der Waals surface area contributed by atoms with E-state index in [4.69, 9.17) is 0 Å². The van der Waals surface area contributed by atoms with Gasteiger partial charge < -0.3 is 5.11 Å². The number of thioether (sulfide) groups is 1. The number of hydrogen-bond donors (Lipinski definition) is 1. The average molecular weight is 381 g/mol. The number of aliphatic hydroxyl groups excluding tert-OH is 1. The van der Waals surface area contributed by atoms with Gasteiger partial charge in [-0.1, -0.05) is 60.3 Å². The predicted molar refractivity (Wildman–Crippen MR) is 108 cm³/mol. The molecule has 0 saturated carbocycles. The van der Waals surface area contributed by atoms with Crippen molar-refractivity contribution in [2.45, 2.75) is 30.6 Å². The lowest BCUT2D eigenvalue weighted by atomic mass is 10.1. The SMILES string of the molecule is OCCSc1nnc([C@@H]2CCCN2Cc2ccccc2)n1-c1ccccc1.